The van der Waals surface area contributed by atoms with Gasteiger partial charge in [-0.25, -0.2) is 13.8 Å². The molecular formula is C20H21F2N5O3. The van der Waals surface area contributed by atoms with Gasteiger partial charge in [0, 0.05) is 37.8 Å². The summed E-state index contributed by atoms with van der Waals surface area (Å²) in [6, 6.07) is 4.69. The Hall–Kier alpha value is -3.40. The maximum atomic E-state index is 13.5. The number of rotatable bonds is 7. The number of aromatic nitrogens is 3. The first-order valence-corrected chi connectivity index (χ1v) is 9.16. The molecule has 0 radical (unpaired) electrons. The minimum Gasteiger partial charge on any atom is -0.384 e. The predicted octanol–water partition coefficient (Wildman–Crippen LogP) is 3.78. The number of amides is 1. The minimum absolute atomic E-state index is 0.0633. The van der Waals surface area contributed by atoms with Gasteiger partial charge in [-0.1, -0.05) is 12.1 Å². The molecule has 30 heavy (non-hydrogen) atoms. The van der Waals surface area contributed by atoms with Crippen molar-refractivity contribution in [2.24, 2.45) is 10.9 Å². The Kier molecular flexibility index (Phi) is 6.68. The van der Waals surface area contributed by atoms with Gasteiger partial charge in [-0.2, -0.15) is 5.10 Å². The molecule has 0 bridgehead atoms. The molecule has 0 fully saturated rings. The van der Waals surface area contributed by atoms with Crippen molar-refractivity contribution in [3.63, 3.8) is 0 Å². The van der Waals surface area contributed by atoms with Gasteiger partial charge in [-0.15, -0.1) is 0 Å². The van der Waals surface area contributed by atoms with E-state index in [2.05, 4.69) is 25.7 Å². The number of benzene rings is 1. The predicted molar refractivity (Wildman–Crippen MR) is 105 cm³/mol. The summed E-state index contributed by atoms with van der Waals surface area (Å²) >= 11 is 0. The van der Waals surface area contributed by atoms with Crippen LogP contribution in [0, 0.1) is 24.5 Å². The third-order valence-corrected chi connectivity index (χ3v) is 4.23. The highest BCUT2D eigenvalue weighted by molar-refractivity contribution is 6.07. The molecule has 2 aromatic heterocycles. The summed E-state index contributed by atoms with van der Waals surface area (Å²) in [6.45, 7) is 4.04. The Morgan fingerprint density at radius 3 is 2.67 bits per heavy atom. The van der Waals surface area contributed by atoms with E-state index in [0.717, 1.165) is 6.07 Å². The first-order valence-electron chi connectivity index (χ1n) is 9.16. The quantitative estimate of drug-likeness (QED) is 0.450. The van der Waals surface area contributed by atoms with E-state index in [9.17, 15) is 13.6 Å². The fourth-order valence-corrected chi connectivity index (χ4v) is 2.88. The molecule has 1 aromatic carbocycles. The highest BCUT2D eigenvalue weighted by Gasteiger charge is 2.17. The summed E-state index contributed by atoms with van der Waals surface area (Å²) < 4.78 is 37.0. The van der Waals surface area contributed by atoms with Crippen LogP contribution in [0.25, 0.3) is 11.3 Å². The molecule has 2 N–H and O–H groups in total. The first kappa shape index (κ1) is 21.3. The van der Waals surface area contributed by atoms with E-state index in [4.69, 9.17) is 9.26 Å². The molecule has 0 unspecified atom stereocenters. The van der Waals surface area contributed by atoms with Crippen LogP contribution in [0.4, 0.5) is 14.6 Å². The Morgan fingerprint density at radius 2 is 2.03 bits per heavy atom. The molecule has 0 aliphatic rings. The van der Waals surface area contributed by atoms with Crippen LogP contribution in [-0.4, -0.2) is 40.8 Å². The van der Waals surface area contributed by atoms with Gasteiger partial charge in [-0.05, 0) is 25.0 Å². The number of nitrogens with zero attached hydrogens (tertiary/aromatic N) is 3. The summed E-state index contributed by atoms with van der Waals surface area (Å²) in [5.74, 6) is -0.768. The van der Waals surface area contributed by atoms with Gasteiger partial charge in [-0.3, -0.25) is 9.89 Å². The number of ether oxygens (including phenoxy) is 1. The maximum Gasteiger partial charge on any atom is 0.261 e. The number of carbonyl (C=O) groups is 1. The zero-order chi connectivity index (χ0) is 21.7. The zero-order valence-corrected chi connectivity index (χ0v) is 16.7. The summed E-state index contributed by atoms with van der Waals surface area (Å²) in [4.78, 5) is 16.9. The highest BCUT2D eigenvalue weighted by Crippen LogP contribution is 2.23. The molecule has 0 spiro atoms. The zero-order valence-electron chi connectivity index (χ0n) is 16.7. The Morgan fingerprint density at radius 1 is 1.30 bits per heavy atom. The van der Waals surface area contributed by atoms with E-state index < -0.39 is 17.5 Å². The topological polar surface area (TPSA) is 105 Å². The van der Waals surface area contributed by atoms with Crippen molar-refractivity contribution in [1.82, 2.24) is 20.7 Å². The van der Waals surface area contributed by atoms with Crippen LogP contribution in [0.5, 0.6) is 0 Å². The number of hydrogen-bond acceptors (Lipinski definition) is 6. The van der Waals surface area contributed by atoms with Crippen LogP contribution in [0.15, 0.2) is 40.0 Å². The lowest BCUT2D eigenvalue weighted by Gasteiger charge is -2.13. The van der Waals surface area contributed by atoms with Gasteiger partial charge in [0.25, 0.3) is 5.91 Å². The number of aromatic amines is 1. The van der Waals surface area contributed by atoms with Crippen LogP contribution in [0.3, 0.4) is 0 Å². The number of hydrogen-bond donors (Lipinski definition) is 2. The molecule has 0 aliphatic carbocycles. The molecule has 3 rings (SSSR count). The number of amidine groups is 1. The van der Waals surface area contributed by atoms with Gasteiger partial charge < -0.3 is 14.6 Å². The van der Waals surface area contributed by atoms with Crippen LogP contribution < -0.4 is 5.32 Å². The van der Waals surface area contributed by atoms with E-state index in [1.165, 1.54) is 24.4 Å². The van der Waals surface area contributed by atoms with Gasteiger partial charge in [0.15, 0.2) is 5.82 Å². The van der Waals surface area contributed by atoms with Crippen LogP contribution in [0.2, 0.25) is 0 Å². The monoisotopic (exact) mass is 417 g/mol. The lowest BCUT2D eigenvalue weighted by molar-refractivity contribution is 0.0973. The van der Waals surface area contributed by atoms with Crippen molar-refractivity contribution in [2.45, 2.75) is 20.3 Å². The van der Waals surface area contributed by atoms with Gasteiger partial charge in [0.2, 0.25) is 0 Å². The summed E-state index contributed by atoms with van der Waals surface area (Å²) in [5.41, 5.74) is 0.970. The average Bonchev–Trinajstić information content (AvgIpc) is 3.30. The van der Waals surface area contributed by atoms with Gasteiger partial charge in [0.1, 0.15) is 28.8 Å². The van der Waals surface area contributed by atoms with Crippen molar-refractivity contribution >= 4 is 17.6 Å². The maximum absolute atomic E-state index is 13.5. The standard InChI is InChI=1S/C20H21F2N5O3/c1-11(10-29-3)4-18(25-20(28)16-9-23-30-12(16)2)24-19-8-17(26-27-19)13-5-14(21)7-15(22)6-13/h5-9,11H,4,10H2,1-3H3,(H2,24,25,26,27,28)/t11-/m1/s1. The van der Waals surface area contributed by atoms with Gasteiger partial charge in [0.05, 0.1) is 11.9 Å². The fourth-order valence-electron chi connectivity index (χ4n) is 2.88. The summed E-state index contributed by atoms with van der Waals surface area (Å²) in [5, 5.41) is 13.1. The average molecular weight is 417 g/mol. The van der Waals surface area contributed by atoms with Crippen molar-refractivity contribution in [3.8, 4) is 11.3 Å². The largest absolute Gasteiger partial charge is 0.384 e. The van der Waals surface area contributed by atoms with Gasteiger partial charge >= 0.3 is 0 Å². The molecule has 158 valence electrons. The number of aryl methyl sites for hydroxylation is 1. The second-order valence-electron chi connectivity index (χ2n) is 6.87. The van der Waals surface area contributed by atoms with Crippen molar-refractivity contribution < 1.29 is 22.8 Å². The number of H-pyrrole nitrogens is 1. The Balaban J connectivity index is 1.86. The SMILES string of the molecule is COC[C@H](C)CC(=Nc1cc(-c2cc(F)cc(F)c2)[nH]n1)NC(=O)c1cnoc1C. The summed E-state index contributed by atoms with van der Waals surface area (Å²) in [6.07, 6.45) is 1.73. The molecular weight excluding hydrogens is 396 g/mol. The van der Waals surface area contributed by atoms with E-state index in [1.54, 1.807) is 14.0 Å². The van der Waals surface area contributed by atoms with Crippen molar-refractivity contribution in [1.29, 1.82) is 0 Å². The van der Waals surface area contributed by atoms with Crippen molar-refractivity contribution in [3.05, 3.63) is 53.4 Å². The molecule has 0 aliphatic heterocycles. The van der Waals surface area contributed by atoms with Crippen molar-refractivity contribution in [2.75, 3.05) is 13.7 Å². The first-order chi connectivity index (χ1) is 14.4. The minimum atomic E-state index is -0.699. The van der Waals surface area contributed by atoms with E-state index in [0.29, 0.717) is 41.4 Å². The number of halogens is 2. The second-order valence-corrected chi connectivity index (χ2v) is 6.87. The molecule has 8 nitrogen and oxygen atoms in total. The number of carbonyl (C=O) groups excluding carboxylic acids is 1. The van der Waals surface area contributed by atoms with E-state index in [1.807, 2.05) is 6.92 Å². The molecule has 0 saturated carbocycles. The molecule has 3 aromatic rings. The highest BCUT2D eigenvalue weighted by atomic mass is 19.1. The Labute approximate surface area is 171 Å². The molecule has 2 heterocycles. The molecule has 0 saturated heterocycles. The Bertz CT molecular complexity index is 1040. The van der Waals surface area contributed by atoms with Crippen LogP contribution >= 0.6 is 0 Å². The molecule has 1 amide bonds. The third kappa shape index (κ3) is 5.35. The van der Waals surface area contributed by atoms with Crippen LogP contribution in [0.1, 0.15) is 29.5 Å². The van der Waals surface area contributed by atoms with Crippen LogP contribution in [-0.2, 0) is 4.74 Å². The second kappa shape index (κ2) is 9.40. The molecule has 10 heteroatoms. The lowest BCUT2D eigenvalue weighted by Crippen LogP contribution is -2.32. The number of aliphatic imine (C=N–C) groups is 1. The number of nitrogens with one attached hydrogen (secondary N) is 2. The van der Waals surface area contributed by atoms with E-state index >= 15 is 0 Å². The number of methoxy groups -OCH3 is 1. The molecule has 1 atom stereocenters. The smallest absolute Gasteiger partial charge is 0.261 e. The van der Waals surface area contributed by atoms with E-state index in [-0.39, 0.29) is 11.7 Å². The third-order valence-electron chi connectivity index (χ3n) is 4.23. The summed E-state index contributed by atoms with van der Waals surface area (Å²) in [7, 11) is 1.59. The normalized spacial score (nSPS) is 12.8. The fraction of sp³-hybridized carbons (Fsp3) is 0.300. The lowest BCUT2D eigenvalue weighted by atomic mass is 10.1.